The molecule has 0 aliphatic heterocycles. The van der Waals surface area contributed by atoms with Crippen LogP contribution in [0.4, 0.5) is 0 Å². The van der Waals surface area contributed by atoms with Crippen LogP contribution in [-0.2, 0) is 11.2 Å². The van der Waals surface area contributed by atoms with Crippen LogP contribution in [0.1, 0.15) is 54.9 Å². The predicted octanol–water partition coefficient (Wildman–Crippen LogP) is 2.84. The van der Waals surface area contributed by atoms with Crippen molar-refractivity contribution in [2.75, 3.05) is 6.54 Å². The summed E-state index contributed by atoms with van der Waals surface area (Å²) in [5, 5.41) is 14.8. The Balaban J connectivity index is 1.53. The molecule has 1 aromatic rings. The van der Waals surface area contributed by atoms with Crippen LogP contribution in [0.5, 0.6) is 0 Å². The summed E-state index contributed by atoms with van der Waals surface area (Å²) >= 11 is 1.79. The van der Waals surface area contributed by atoms with Gasteiger partial charge < -0.3 is 10.4 Å². The number of thiophene rings is 1. The fraction of sp³-hybridized carbons (Fsp3) is 0.688. The molecule has 1 unspecified atom stereocenters. The van der Waals surface area contributed by atoms with Gasteiger partial charge in [0.05, 0.1) is 12.0 Å². The van der Waals surface area contributed by atoms with Crippen LogP contribution in [0.25, 0.3) is 0 Å². The van der Waals surface area contributed by atoms with Gasteiger partial charge in [-0.2, -0.15) is 0 Å². The lowest BCUT2D eigenvalue weighted by molar-refractivity contribution is -0.123. The van der Waals surface area contributed by atoms with Gasteiger partial charge in [-0.25, -0.2) is 0 Å². The summed E-state index contributed by atoms with van der Waals surface area (Å²) in [5.74, 6) is 0.822. The van der Waals surface area contributed by atoms with E-state index in [1.807, 2.05) is 0 Å². The number of carbonyl (C=O) groups excluding carboxylic acids is 1. The first-order valence-electron chi connectivity index (χ1n) is 7.76. The van der Waals surface area contributed by atoms with E-state index in [4.69, 9.17) is 0 Å². The van der Waals surface area contributed by atoms with Gasteiger partial charge in [0.15, 0.2) is 0 Å². The molecule has 3 nitrogen and oxygen atoms in total. The van der Waals surface area contributed by atoms with Gasteiger partial charge in [-0.3, -0.25) is 4.79 Å². The standard InChI is InChI=1S/C16H23NO2S/c18-12-6-4-11(5-7-12)10-17-16(19)14-2-1-3-15-13(14)8-9-20-15/h8-9,11-12,14,18H,1-7,10H2,(H,17,19). The number of hydrogen-bond donors (Lipinski definition) is 2. The Hall–Kier alpha value is -0.870. The maximum atomic E-state index is 12.4. The summed E-state index contributed by atoms with van der Waals surface area (Å²) in [5.41, 5.74) is 1.26. The number of aliphatic hydroxyl groups excluding tert-OH is 1. The Morgan fingerprint density at radius 2 is 2.10 bits per heavy atom. The molecule has 3 rings (SSSR count). The van der Waals surface area contributed by atoms with Crippen LogP contribution in [-0.4, -0.2) is 23.7 Å². The van der Waals surface area contributed by atoms with Gasteiger partial charge in [0.25, 0.3) is 0 Å². The summed E-state index contributed by atoms with van der Waals surface area (Å²) in [7, 11) is 0. The molecule has 0 saturated heterocycles. The second-order valence-corrected chi connectivity index (χ2v) is 7.16. The van der Waals surface area contributed by atoms with E-state index in [1.54, 1.807) is 11.3 Å². The second-order valence-electron chi connectivity index (χ2n) is 6.16. The molecule has 1 saturated carbocycles. The highest BCUT2D eigenvalue weighted by Gasteiger charge is 2.28. The zero-order chi connectivity index (χ0) is 13.9. The Kier molecular flexibility index (Phi) is 4.41. The van der Waals surface area contributed by atoms with Gasteiger partial charge >= 0.3 is 0 Å². The van der Waals surface area contributed by atoms with Gasteiger partial charge in [-0.15, -0.1) is 11.3 Å². The highest BCUT2D eigenvalue weighted by atomic mass is 32.1. The van der Waals surface area contributed by atoms with Crippen LogP contribution >= 0.6 is 11.3 Å². The highest BCUT2D eigenvalue weighted by molar-refractivity contribution is 7.10. The van der Waals surface area contributed by atoms with Crippen molar-refractivity contribution < 1.29 is 9.90 Å². The number of nitrogens with one attached hydrogen (secondary N) is 1. The first-order chi connectivity index (χ1) is 9.74. The van der Waals surface area contributed by atoms with E-state index in [9.17, 15) is 9.90 Å². The molecule has 0 bridgehead atoms. The van der Waals surface area contributed by atoms with Crippen molar-refractivity contribution in [3.05, 3.63) is 21.9 Å². The largest absolute Gasteiger partial charge is 0.393 e. The van der Waals surface area contributed by atoms with E-state index in [0.717, 1.165) is 51.5 Å². The van der Waals surface area contributed by atoms with Crippen LogP contribution in [0, 0.1) is 5.92 Å². The molecule has 20 heavy (non-hydrogen) atoms. The van der Waals surface area contributed by atoms with Crippen molar-refractivity contribution in [3.8, 4) is 0 Å². The number of fused-ring (bicyclic) bond motifs is 1. The number of rotatable bonds is 3. The quantitative estimate of drug-likeness (QED) is 0.900. The molecule has 4 heteroatoms. The van der Waals surface area contributed by atoms with Gasteiger partial charge in [-0.05, 0) is 67.9 Å². The topological polar surface area (TPSA) is 49.3 Å². The smallest absolute Gasteiger partial charge is 0.227 e. The van der Waals surface area contributed by atoms with Gasteiger partial charge in [0.1, 0.15) is 0 Å². The molecule has 0 aromatic carbocycles. The van der Waals surface area contributed by atoms with Gasteiger partial charge in [0.2, 0.25) is 5.91 Å². The zero-order valence-electron chi connectivity index (χ0n) is 11.8. The van der Waals surface area contributed by atoms with Crippen molar-refractivity contribution in [1.82, 2.24) is 5.32 Å². The molecular formula is C16H23NO2S. The minimum atomic E-state index is -0.117. The van der Waals surface area contributed by atoms with Crippen molar-refractivity contribution in [1.29, 1.82) is 0 Å². The number of hydrogen-bond acceptors (Lipinski definition) is 3. The van der Waals surface area contributed by atoms with Crippen molar-refractivity contribution in [2.24, 2.45) is 5.92 Å². The third-order valence-corrected chi connectivity index (χ3v) is 5.75. The monoisotopic (exact) mass is 293 g/mol. The third kappa shape index (κ3) is 3.07. The maximum absolute atomic E-state index is 12.4. The normalized spacial score (nSPS) is 29.8. The molecule has 2 aliphatic carbocycles. The minimum absolute atomic E-state index is 0.0687. The molecule has 0 radical (unpaired) electrons. The van der Waals surface area contributed by atoms with E-state index in [0.29, 0.717) is 5.92 Å². The summed E-state index contributed by atoms with van der Waals surface area (Å²) in [6.45, 7) is 0.779. The number of amides is 1. The average molecular weight is 293 g/mol. The van der Waals surface area contributed by atoms with Gasteiger partial charge in [0, 0.05) is 11.4 Å². The fourth-order valence-electron chi connectivity index (χ4n) is 3.48. The summed E-state index contributed by atoms with van der Waals surface area (Å²) in [6, 6.07) is 2.13. The Morgan fingerprint density at radius 1 is 1.30 bits per heavy atom. The van der Waals surface area contributed by atoms with Crippen molar-refractivity contribution >= 4 is 17.2 Å². The molecular weight excluding hydrogens is 270 g/mol. The number of aliphatic hydroxyl groups is 1. The Bertz CT molecular complexity index is 463. The third-order valence-electron chi connectivity index (χ3n) is 4.75. The molecule has 1 fully saturated rings. The summed E-state index contributed by atoms with van der Waals surface area (Å²) in [4.78, 5) is 13.8. The molecule has 1 aromatic heterocycles. The lowest BCUT2D eigenvalue weighted by atomic mass is 9.85. The molecule has 1 atom stereocenters. The van der Waals surface area contributed by atoms with E-state index < -0.39 is 0 Å². The van der Waals surface area contributed by atoms with Gasteiger partial charge in [-0.1, -0.05) is 0 Å². The Morgan fingerprint density at radius 3 is 2.90 bits per heavy atom. The van der Waals surface area contributed by atoms with Crippen LogP contribution in [0.2, 0.25) is 0 Å². The molecule has 2 aliphatic rings. The molecule has 1 heterocycles. The highest BCUT2D eigenvalue weighted by Crippen LogP contribution is 2.35. The molecule has 2 N–H and O–H groups in total. The summed E-state index contributed by atoms with van der Waals surface area (Å²) in [6.07, 6.45) is 6.98. The first-order valence-corrected chi connectivity index (χ1v) is 8.64. The van der Waals surface area contributed by atoms with Crippen LogP contribution < -0.4 is 5.32 Å². The van der Waals surface area contributed by atoms with E-state index in [1.165, 1.54) is 10.4 Å². The van der Waals surface area contributed by atoms with Crippen molar-refractivity contribution in [3.63, 3.8) is 0 Å². The number of aryl methyl sites for hydroxylation is 1. The molecule has 1 amide bonds. The minimum Gasteiger partial charge on any atom is -0.393 e. The lowest BCUT2D eigenvalue weighted by Crippen LogP contribution is -2.36. The number of carbonyl (C=O) groups is 1. The van der Waals surface area contributed by atoms with E-state index >= 15 is 0 Å². The average Bonchev–Trinajstić information content (AvgIpc) is 2.94. The molecule has 0 spiro atoms. The zero-order valence-corrected chi connectivity index (χ0v) is 12.6. The Labute approximate surface area is 124 Å². The first kappa shape index (κ1) is 14.1. The SMILES string of the molecule is O=C(NCC1CCC(O)CC1)C1CCCc2sccc21. The van der Waals surface area contributed by atoms with Crippen LogP contribution in [0.15, 0.2) is 11.4 Å². The van der Waals surface area contributed by atoms with E-state index in [-0.39, 0.29) is 17.9 Å². The summed E-state index contributed by atoms with van der Waals surface area (Å²) < 4.78 is 0. The second kappa shape index (κ2) is 6.27. The predicted molar refractivity (Wildman–Crippen MR) is 81.0 cm³/mol. The fourth-order valence-corrected chi connectivity index (χ4v) is 4.46. The van der Waals surface area contributed by atoms with Crippen LogP contribution in [0.3, 0.4) is 0 Å². The maximum Gasteiger partial charge on any atom is 0.227 e. The van der Waals surface area contributed by atoms with E-state index in [2.05, 4.69) is 16.8 Å². The lowest BCUT2D eigenvalue weighted by Gasteiger charge is -2.27. The molecule has 110 valence electrons. The van der Waals surface area contributed by atoms with Crippen molar-refractivity contribution in [2.45, 2.75) is 57.0 Å².